The number of halogens is 2. The molecule has 0 radical (unpaired) electrons. The van der Waals surface area contributed by atoms with Gasteiger partial charge in [0.1, 0.15) is 0 Å². The molecule has 0 amide bonds. The molecule has 0 N–H and O–H groups in total. The first-order valence-corrected chi connectivity index (χ1v) is 10.2. The summed E-state index contributed by atoms with van der Waals surface area (Å²) in [7, 11) is -1.36. The SMILES string of the molecule is CS(=O)C1CC1.CS(=O)c1ccc(Br)cc1.[Br-].[CH-]1CC1.[Mg+2]. The third kappa shape index (κ3) is 14.6. The molecule has 2 aliphatic carbocycles. The van der Waals surface area contributed by atoms with Gasteiger partial charge in [0, 0.05) is 48.7 Å². The molecule has 2 aliphatic rings. The molecule has 0 aliphatic heterocycles. The third-order valence-corrected chi connectivity index (χ3v) is 5.30. The number of rotatable bonds is 2. The van der Waals surface area contributed by atoms with E-state index in [2.05, 4.69) is 22.4 Å². The van der Waals surface area contributed by atoms with Crippen molar-refractivity contribution in [1.29, 1.82) is 0 Å². The molecule has 1 aromatic carbocycles. The molecule has 0 bridgehead atoms. The van der Waals surface area contributed by atoms with Gasteiger partial charge >= 0.3 is 23.1 Å². The predicted octanol–water partition coefficient (Wildman–Crippen LogP) is 0.321. The van der Waals surface area contributed by atoms with E-state index in [1.807, 2.05) is 24.3 Å². The van der Waals surface area contributed by atoms with Crippen molar-refractivity contribution < 1.29 is 25.4 Å². The number of benzene rings is 1. The second kappa shape index (κ2) is 13.7. The summed E-state index contributed by atoms with van der Waals surface area (Å²) in [5.74, 6) is 0. The summed E-state index contributed by atoms with van der Waals surface area (Å²) in [6.07, 6.45) is 10.8. The average Bonchev–Trinajstić information content (AvgIpc) is 3.22. The molecule has 116 valence electrons. The smallest absolute Gasteiger partial charge is 1.00 e. The monoisotopic (exact) mass is 466 g/mol. The summed E-state index contributed by atoms with van der Waals surface area (Å²) in [6, 6.07) is 7.47. The van der Waals surface area contributed by atoms with Gasteiger partial charge in [-0.3, -0.25) is 8.42 Å². The van der Waals surface area contributed by atoms with Crippen LogP contribution in [0, 0.1) is 6.42 Å². The van der Waals surface area contributed by atoms with E-state index in [1.165, 1.54) is 25.7 Å². The minimum Gasteiger partial charge on any atom is -1.00 e. The molecule has 0 heterocycles. The Bertz CT molecular complexity index is 432. The van der Waals surface area contributed by atoms with Gasteiger partial charge < -0.3 is 23.4 Å². The quantitative estimate of drug-likeness (QED) is 0.463. The van der Waals surface area contributed by atoms with E-state index in [0.717, 1.165) is 9.37 Å². The topological polar surface area (TPSA) is 34.1 Å². The van der Waals surface area contributed by atoms with E-state index in [4.69, 9.17) is 0 Å². The second-order valence-electron chi connectivity index (χ2n) is 4.47. The Balaban J connectivity index is 0. The Kier molecular flexibility index (Phi) is 15.9. The van der Waals surface area contributed by atoms with E-state index in [9.17, 15) is 8.42 Å². The van der Waals surface area contributed by atoms with Crippen LogP contribution < -0.4 is 17.0 Å². The van der Waals surface area contributed by atoms with Crippen molar-refractivity contribution in [3.8, 4) is 0 Å². The first-order valence-electron chi connectivity index (χ1n) is 6.23. The molecule has 1 aromatic rings. The van der Waals surface area contributed by atoms with Gasteiger partial charge in [0.25, 0.3) is 0 Å². The maximum Gasteiger partial charge on any atom is 2.00 e. The van der Waals surface area contributed by atoms with Crippen molar-refractivity contribution in [3.05, 3.63) is 35.2 Å². The van der Waals surface area contributed by atoms with Crippen LogP contribution in [-0.4, -0.2) is 49.2 Å². The van der Waals surface area contributed by atoms with Gasteiger partial charge in [-0.05, 0) is 37.1 Å². The minimum absolute atomic E-state index is 0. The van der Waals surface area contributed by atoms with Crippen LogP contribution in [0.15, 0.2) is 33.6 Å². The van der Waals surface area contributed by atoms with Gasteiger partial charge in [0.2, 0.25) is 0 Å². The molecule has 0 spiro atoms. The molecule has 21 heavy (non-hydrogen) atoms. The predicted molar refractivity (Wildman–Crippen MR) is 92.9 cm³/mol. The van der Waals surface area contributed by atoms with Crippen molar-refractivity contribution >= 4 is 60.6 Å². The summed E-state index contributed by atoms with van der Waals surface area (Å²) in [6.45, 7) is 0. The van der Waals surface area contributed by atoms with Gasteiger partial charge in [-0.2, -0.15) is 0 Å². The van der Waals surface area contributed by atoms with E-state index in [1.54, 1.807) is 12.5 Å². The maximum atomic E-state index is 10.9. The Morgan fingerprint density at radius 1 is 1.10 bits per heavy atom. The Labute approximate surface area is 168 Å². The fourth-order valence-corrected chi connectivity index (χ4v) is 2.61. The standard InChI is InChI=1S/C7H7BrOS.C4H8OS.C3H5.BrH.Mg/c1-10(9)7-4-2-6(8)3-5-7;1-6(5)4-2-3-4;1-2-3-1;;/h2-5H,1H3;4H,2-3H2,1H3;1H,2-3H2;1H;/q;;-1;;+2/p-1. The molecule has 0 saturated heterocycles. The van der Waals surface area contributed by atoms with Crippen molar-refractivity contribution in [2.75, 3.05) is 12.5 Å². The van der Waals surface area contributed by atoms with Crippen LogP contribution in [0.25, 0.3) is 0 Å². The number of hydrogen-bond donors (Lipinski definition) is 0. The zero-order chi connectivity index (χ0) is 14.3. The van der Waals surface area contributed by atoms with Crippen molar-refractivity contribution in [2.24, 2.45) is 0 Å². The maximum absolute atomic E-state index is 10.9. The number of hydrogen-bond acceptors (Lipinski definition) is 2. The minimum atomic E-state index is -0.858. The Hall–Kier alpha value is 1.25. The van der Waals surface area contributed by atoms with Gasteiger partial charge in [-0.25, -0.2) is 12.8 Å². The van der Waals surface area contributed by atoms with Crippen molar-refractivity contribution in [3.63, 3.8) is 0 Å². The van der Waals surface area contributed by atoms with Crippen molar-refractivity contribution in [2.45, 2.75) is 35.8 Å². The zero-order valence-electron chi connectivity index (χ0n) is 12.4. The molecule has 2 nitrogen and oxygen atoms in total. The van der Waals surface area contributed by atoms with Gasteiger partial charge in [-0.1, -0.05) is 15.9 Å². The fraction of sp³-hybridized carbons (Fsp3) is 0.500. The summed E-state index contributed by atoms with van der Waals surface area (Å²) >= 11 is 3.30. The summed E-state index contributed by atoms with van der Waals surface area (Å²) in [5, 5.41) is 0.574. The Morgan fingerprint density at radius 3 is 1.71 bits per heavy atom. The molecular weight excluding hydrogens is 448 g/mol. The molecule has 2 fully saturated rings. The molecule has 2 unspecified atom stereocenters. The van der Waals surface area contributed by atoms with Crippen LogP contribution in [0.1, 0.15) is 25.7 Å². The van der Waals surface area contributed by atoms with E-state index >= 15 is 0 Å². The molecule has 2 atom stereocenters. The summed E-state index contributed by atoms with van der Waals surface area (Å²) in [4.78, 5) is 0.864. The largest absolute Gasteiger partial charge is 2.00 e. The average molecular weight is 469 g/mol. The zero-order valence-corrected chi connectivity index (χ0v) is 18.6. The van der Waals surface area contributed by atoms with Crippen LogP contribution >= 0.6 is 15.9 Å². The normalized spacial score (nSPS) is 17.3. The van der Waals surface area contributed by atoms with Gasteiger partial charge in [0.05, 0.1) is 0 Å². The van der Waals surface area contributed by atoms with Crippen molar-refractivity contribution in [1.82, 2.24) is 0 Å². The van der Waals surface area contributed by atoms with Crippen LogP contribution in [0.3, 0.4) is 0 Å². The Morgan fingerprint density at radius 2 is 1.52 bits per heavy atom. The van der Waals surface area contributed by atoms with Gasteiger partial charge in [-0.15, -0.1) is 0 Å². The molecule has 0 aromatic heterocycles. The van der Waals surface area contributed by atoms with Crippen LogP contribution in [-0.2, 0) is 21.6 Å². The van der Waals surface area contributed by atoms with E-state index < -0.39 is 21.6 Å². The molecule has 3 rings (SSSR count). The van der Waals surface area contributed by atoms with E-state index in [0.29, 0.717) is 5.25 Å². The second-order valence-corrected chi connectivity index (χ2v) is 8.43. The summed E-state index contributed by atoms with van der Waals surface area (Å²) in [5.41, 5.74) is 0. The molecular formula is C14H20Br2MgO2S2. The van der Waals surface area contributed by atoms with Crippen LogP contribution in [0.4, 0.5) is 0 Å². The molecule has 2 saturated carbocycles. The van der Waals surface area contributed by atoms with Crippen LogP contribution in [0.2, 0.25) is 0 Å². The first-order chi connectivity index (χ1) is 9.00. The molecule has 7 heteroatoms. The van der Waals surface area contributed by atoms with Crippen LogP contribution in [0.5, 0.6) is 0 Å². The first kappa shape index (κ1) is 24.5. The third-order valence-electron chi connectivity index (χ3n) is 2.43. The fourth-order valence-electron chi connectivity index (χ4n) is 1.03. The van der Waals surface area contributed by atoms with Gasteiger partial charge in [0.15, 0.2) is 0 Å². The summed E-state index contributed by atoms with van der Waals surface area (Å²) < 4.78 is 22.2. The van der Waals surface area contributed by atoms with E-state index in [-0.39, 0.29) is 40.0 Å².